The average molecular weight is 455 g/mol. The third-order valence-corrected chi connectivity index (χ3v) is 6.62. The van der Waals surface area contributed by atoms with Crippen molar-refractivity contribution in [2.75, 3.05) is 13.7 Å². The van der Waals surface area contributed by atoms with Crippen LogP contribution in [0.3, 0.4) is 0 Å². The van der Waals surface area contributed by atoms with Gasteiger partial charge in [-0.05, 0) is 67.0 Å². The minimum absolute atomic E-state index is 0.0397. The maximum atomic E-state index is 13.4. The van der Waals surface area contributed by atoms with Gasteiger partial charge in [0.05, 0.1) is 7.11 Å². The summed E-state index contributed by atoms with van der Waals surface area (Å²) in [7, 11) is 1.62. The van der Waals surface area contributed by atoms with E-state index in [0.29, 0.717) is 23.7 Å². The van der Waals surface area contributed by atoms with Gasteiger partial charge in [0.2, 0.25) is 5.91 Å². The van der Waals surface area contributed by atoms with E-state index in [0.717, 1.165) is 42.6 Å². The number of carbonyl (C=O) groups is 1. The molecule has 1 aromatic heterocycles. The average Bonchev–Trinajstić information content (AvgIpc) is 3.44. The van der Waals surface area contributed by atoms with Crippen molar-refractivity contribution in [1.82, 2.24) is 20.1 Å². The van der Waals surface area contributed by atoms with Crippen LogP contribution in [0.2, 0.25) is 0 Å². The molecule has 0 radical (unpaired) electrons. The van der Waals surface area contributed by atoms with Crippen molar-refractivity contribution < 1.29 is 13.9 Å². The number of methoxy groups -OCH3 is 1. The molecule has 0 aliphatic heterocycles. The lowest BCUT2D eigenvalue weighted by atomic mass is 9.79. The van der Waals surface area contributed by atoms with Gasteiger partial charge in [0.1, 0.15) is 11.6 Å². The molecular weight excluding hydrogens is 427 g/mol. The van der Waals surface area contributed by atoms with Gasteiger partial charge in [-0.3, -0.25) is 14.5 Å². The van der Waals surface area contributed by atoms with E-state index in [2.05, 4.69) is 15.5 Å². The maximum absolute atomic E-state index is 13.4. The van der Waals surface area contributed by atoms with E-state index < -0.39 is 0 Å². The van der Waals surface area contributed by atoms with E-state index in [1.807, 2.05) is 41.0 Å². The Bertz CT molecular complexity index is 1120. The van der Waals surface area contributed by atoms with E-state index in [9.17, 15) is 9.18 Å². The fourth-order valence-corrected chi connectivity index (χ4v) is 4.70. The molecule has 0 unspecified atom stereocenters. The molecule has 1 fully saturated rings. The fourth-order valence-electron chi connectivity index (χ4n) is 4.48. The second kappa shape index (κ2) is 9.65. The summed E-state index contributed by atoms with van der Waals surface area (Å²) in [6.45, 7) is 0.978. The van der Waals surface area contributed by atoms with Gasteiger partial charge in [0.15, 0.2) is 10.6 Å². The molecule has 1 amide bonds. The van der Waals surface area contributed by atoms with Crippen molar-refractivity contribution >= 4 is 18.1 Å². The van der Waals surface area contributed by atoms with Gasteiger partial charge in [-0.1, -0.05) is 25.0 Å². The molecule has 1 saturated carbocycles. The van der Waals surface area contributed by atoms with Gasteiger partial charge in [-0.25, -0.2) is 4.39 Å². The van der Waals surface area contributed by atoms with Crippen LogP contribution in [0.4, 0.5) is 4.39 Å². The normalized spacial score (nSPS) is 14.9. The van der Waals surface area contributed by atoms with Gasteiger partial charge in [0, 0.05) is 30.5 Å². The molecule has 168 valence electrons. The smallest absolute Gasteiger partial charge is 0.221 e. The van der Waals surface area contributed by atoms with E-state index in [1.54, 1.807) is 7.11 Å². The molecule has 0 saturated heterocycles. The van der Waals surface area contributed by atoms with Crippen LogP contribution in [0.15, 0.2) is 48.5 Å². The Morgan fingerprint density at radius 1 is 1.19 bits per heavy atom. The molecular formula is C24H27FN4O2S. The van der Waals surface area contributed by atoms with Crippen molar-refractivity contribution in [3.05, 3.63) is 64.7 Å². The SMILES string of the molecule is COc1ccc(-c2n[nH]c(=S)n2CCC(=O)NCC2(c3ccc(F)cc3)CCCC2)cc1. The number of benzene rings is 2. The number of H-pyrrole nitrogens is 1. The molecule has 32 heavy (non-hydrogen) atoms. The first-order valence-electron chi connectivity index (χ1n) is 10.8. The predicted molar refractivity (Wildman–Crippen MR) is 124 cm³/mol. The van der Waals surface area contributed by atoms with Gasteiger partial charge >= 0.3 is 0 Å². The number of hydrogen-bond donors (Lipinski definition) is 2. The number of halogens is 1. The van der Waals surface area contributed by atoms with Crippen LogP contribution < -0.4 is 10.1 Å². The predicted octanol–water partition coefficient (Wildman–Crippen LogP) is 4.77. The number of nitrogens with one attached hydrogen (secondary N) is 2. The van der Waals surface area contributed by atoms with E-state index >= 15 is 0 Å². The lowest BCUT2D eigenvalue weighted by Gasteiger charge is -2.30. The highest BCUT2D eigenvalue weighted by atomic mass is 32.1. The first-order valence-corrected chi connectivity index (χ1v) is 11.2. The van der Waals surface area contributed by atoms with Crippen molar-refractivity contribution in [2.24, 2.45) is 0 Å². The molecule has 1 aliphatic carbocycles. The zero-order chi connectivity index (χ0) is 22.6. The molecule has 3 aromatic rings. The van der Waals surface area contributed by atoms with Crippen LogP contribution in [0.1, 0.15) is 37.7 Å². The third-order valence-electron chi connectivity index (χ3n) is 6.31. The number of rotatable bonds is 8. The molecule has 0 atom stereocenters. The number of aromatic nitrogens is 3. The summed E-state index contributed by atoms with van der Waals surface area (Å²) >= 11 is 5.38. The van der Waals surface area contributed by atoms with Gasteiger partial charge in [0.25, 0.3) is 0 Å². The summed E-state index contributed by atoms with van der Waals surface area (Å²) in [6, 6.07) is 14.2. The molecule has 0 spiro atoms. The van der Waals surface area contributed by atoms with Gasteiger partial charge in [-0.2, -0.15) is 5.10 Å². The Hall–Kier alpha value is -3.00. The van der Waals surface area contributed by atoms with Crippen LogP contribution in [0, 0.1) is 10.6 Å². The van der Waals surface area contributed by atoms with Gasteiger partial charge < -0.3 is 10.1 Å². The summed E-state index contributed by atoms with van der Waals surface area (Å²) in [6.07, 6.45) is 4.50. The molecule has 4 rings (SSSR count). The summed E-state index contributed by atoms with van der Waals surface area (Å²) < 4.78 is 20.9. The summed E-state index contributed by atoms with van der Waals surface area (Å²) in [5.74, 6) is 1.16. The third kappa shape index (κ3) is 4.75. The molecule has 0 bridgehead atoms. The topological polar surface area (TPSA) is 71.9 Å². The van der Waals surface area contributed by atoms with Crippen LogP contribution >= 0.6 is 12.2 Å². The molecule has 2 aromatic carbocycles. The second-order valence-corrected chi connectivity index (χ2v) is 8.64. The Balaban J connectivity index is 1.40. The van der Waals surface area contributed by atoms with Crippen LogP contribution in [-0.2, 0) is 16.8 Å². The number of hydrogen-bond acceptors (Lipinski definition) is 4. The lowest BCUT2D eigenvalue weighted by molar-refractivity contribution is -0.121. The van der Waals surface area contributed by atoms with E-state index in [1.165, 1.54) is 12.1 Å². The van der Waals surface area contributed by atoms with Gasteiger partial charge in [-0.15, -0.1) is 0 Å². The largest absolute Gasteiger partial charge is 0.497 e. The Kier molecular flexibility index (Phi) is 6.69. The molecule has 8 heteroatoms. The highest BCUT2D eigenvalue weighted by Crippen LogP contribution is 2.40. The summed E-state index contributed by atoms with van der Waals surface area (Å²) in [4.78, 5) is 12.7. The first kappa shape index (κ1) is 22.2. The van der Waals surface area contributed by atoms with Crippen molar-refractivity contribution in [2.45, 2.75) is 44.1 Å². The van der Waals surface area contributed by atoms with Crippen molar-refractivity contribution in [3.63, 3.8) is 0 Å². The number of carbonyl (C=O) groups excluding carboxylic acids is 1. The molecule has 2 N–H and O–H groups in total. The molecule has 6 nitrogen and oxygen atoms in total. The standard InChI is InChI=1S/C24H27FN4O2S/c1-31-20-10-4-17(5-11-20)22-27-28-23(32)29(22)15-12-21(30)26-16-24(13-2-3-14-24)18-6-8-19(25)9-7-18/h4-11H,2-3,12-16H2,1H3,(H,26,30)(H,28,32). The highest BCUT2D eigenvalue weighted by Gasteiger charge is 2.35. The lowest BCUT2D eigenvalue weighted by Crippen LogP contribution is -2.39. The van der Waals surface area contributed by atoms with Crippen molar-refractivity contribution in [3.8, 4) is 17.1 Å². The van der Waals surface area contributed by atoms with E-state index in [4.69, 9.17) is 17.0 Å². The fraction of sp³-hybridized carbons (Fsp3) is 0.375. The zero-order valence-electron chi connectivity index (χ0n) is 18.1. The number of aromatic amines is 1. The van der Waals surface area contributed by atoms with Crippen molar-refractivity contribution in [1.29, 1.82) is 0 Å². The number of ether oxygens (including phenoxy) is 1. The minimum Gasteiger partial charge on any atom is -0.497 e. The maximum Gasteiger partial charge on any atom is 0.221 e. The summed E-state index contributed by atoms with van der Waals surface area (Å²) in [5, 5.41) is 10.3. The monoisotopic (exact) mass is 454 g/mol. The summed E-state index contributed by atoms with van der Waals surface area (Å²) in [5.41, 5.74) is 1.86. The molecule has 1 aliphatic rings. The number of nitrogens with zero attached hydrogens (tertiary/aromatic N) is 2. The quantitative estimate of drug-likeness (QED) is 0.481. The highest BCUT2D eigenvalue weighted by molar-refractivity contribution is 7.71. The number of amides is 1. The van der Waals surface area contributed by atoms with E-state index in [-0.39, 0.29) is 23.6 Å². The Labute approximate surface area is 191 Å². The first-order chi connectivity index (χ1) is 15.5. The second-order valence-electron chi connectivity index (χ2n) is 8.25. The zero-order valence-corrected chi connectivity index (χ0v) is 18.9. The molecule has 1 heterocycles. The minimum atomic E-state index is -0.240. The Morgan fingerprint density at radius 3 is 2.53 bits per heavy atom. The van der Waals surface area contributed by atoms with Crippen LogP contribution in [0.5, 0.6) is 5.75 Å². The van der Waals surface area contributed by atoms with Crippen LogP contribution in [-0.4, -0.2) is 34.3 Å². The van der Waals surface area contributed by atoms with Crippen LogP contribution in [0.25, 0.3) is 11.4 Å². The Morgan fingerprint density at radius 2 is 1.88 bits per heavy atom.